The lowest BCUT2D eigenvalue weighted by Gasteiger charge is -2.37. The summed E-state index contributed by atoms with van der Waals surface area (Å²) in [6, 6.07) is 3.76. The molecule has 1 aromatic rings. The Balaban J connectivity index is 2.00. The molecule has 4 heteroatoms. The number of esters is 1. The molecule has 1 fully saturated rings. The first-order valence-electron chi connectivity index (χ1n) is 9.77. The van der Waals surface area contributed by atoms with E-state index in [2.05, 4.69) is 42.8 Å². The number of ether oxygens (including phenoxy) is 2. The maximum absolute atomic E-state index is 12.3. The fraction of sp³-hybridized carbons (Fsp3) is 0.591. The fourth-order valence-corrected chi connectivity index (χ4v) is 4.75. The highest BCUT2D eigenvalue weighted by atomic mass is 79.9. The van der Waals surface area contributed by atoms with Gasteiger partial charge in [0.2, 0.25) is 0 Å². The van der Waals surface area contributed by atoms with Crippen LogP contribution < -0.4 is 4.74 Å². The average molecular weight is 421 g/mol. The van der Waals surface area contributed by atoms with Crippen molar-refractivity contribution in [2.75, 3.05) is 6.61 Å². The van der Waals surface area contributed by atoms with Gasteiger partial charge in [-0.3, -0.25) is 0 Å². The van der Waals surface area contributed by atoms with Crippen LogP contribution in [0.5, 0.6) is 5.75 Å². The largest absolute Gasteiger partial charge is 0.482 e. The summed E-state index contributed by atoms with van der Waals surface area (Å²) in [5.74, 6) is 1.95. The molecule has 2 aliphatic rings. The summed E-state index contributed by atoms with van der Waals surface area (Å²) in [6.45, 7) is 8.69. The van der Waals surface area contributed by atoms with Gasteiger partial charge in [-0.25, -0.2) is 4.79 Å². The lowest BCUT2D eigenvalue weighted by Crippen LogP contribution is -2.31. The van der Waals surface area contributed by atoms with E-state index in [9.17, 15) is 4.79 Å². The second-order valence-corrected chi connectivity index (χ2v) is 8.84. The predicted molar refractivity (Wildman–Crippen MR) is 109 cm³/mol. The van der Waals surface area contributed by atoms with Gasteiger partial charge in [0.15, 0.2) is 0 Å². The fourth-order valence-electron chi connectivity index (χ4n) is 4.21. The molecule has 0 spiro atoms. The summed E-state index contributed by atoms with van der Waals surface area (Å²) in [5, 5.41) is 0. The van der Waals surface area contributed by atoms with Gasteiger partial charge in [-0.05, 0) is 98.0 Å². The minimum atomic E-state index is -0.349. The molecule has 0 unspecified atom stereocenters. The van der Waals surface area contributed by atoms with E-state index in [0.29, 0.717) is 18.1 Å². The van der Waals surface area contributed by atoms with Crippen molar-refractivity contribution in [3.05, 3.63) is 33.8 Å². The second kappa shape index (κ2) is 7.75. The van der Waals surface area contributed by atoms with Crippen molar-refractivity contribution in [2.24, 2.45) is 11.8 Å². The third kappa shape index (κ3) is 4.00. The molecular weight excluding hydrogens is 392 g/mol. The van der Waals surface area contributed by atoms with Crippen LogP contribution in [0.1, 0.15) is 75.7 Å². The number of carbonyl (C=O) groups excluding carboxylic acids is 1. The highest BCUT2D eigenvalue weighted by molar-refractivity contribution is 9.10. The second-order valence-electron chi connectivity index (χ2n) is 7.99. The number of rotatable bonds is 4. The quantitative estimate of drug-likeness (QED) is 0.528. The molecule has 0 bridgehead atoms. The van der Waals surface area contributed by atoms with E-state index in [1.807, 2.05) is 19.1 Å². The van der Waals surface area contributed by atoms with Crippen molar-refractivity contribution in [3.63, 3.8) is 0 Å². The van der Waals surface area contributed by atoms with Crippen LogP contribution in [0.4, 0.5) is 0 Å². The zero-order chi connectivity index (χ0) is 18.9. The molecule has 1 aliphatic heterocycles. The first kappa shape index (κ1) is 19.5. The highest BCUT2D eigenvalue weighted by Gasteiger charge is 2.34. The summed E-state index contributed by atoms with van der Waals surface area (Å²) >= 11 is 3.62. The number of halogens is 1. The van der Waals surface area contributed by atoms with Crippen molar-refractivity contribution in [1.82, 2.24) is 0 Å². The van der Waals surface area contributed by atoms with Crippen LogP contribution in [0.2, 0.25) is 0 Å². The number of hydrogen-bond acceptors (Lipinski definition) is 3. The Labute approximate surface area is 165 Å². The lowest BCUT2D eigenvalue weighted by atomic mass is 9.74. The molecule has 3 rings (SSSR count). The van der Waals surface area contributed by atoms with Crippen LogP contribution in [-0.2, 0) is 4.74 Å². The average Bonchev–Trinajstić information content (AvgIpc) is 2.61. The zero-order valence-electron chi connectivity index (χ0n) is 16.2. The Morgan fingerprint density at radius 3 is 2.54 bits per heavy atom. The maximum atomic E-state index is 12.3. The first-order chi connectivity index (χ1) is 12.3. The minimum Gasteiger partial charge on any atom is -0.482 e. The number of hydrogen-bond donors (Lipinski definition) is 0. The SMILES string of the molecule is CCOC(=O)c1cc(Br)c2c(c1)C(C1CCC(CC)CC1)=CC(C)(C)O2. The Morgan fingerprint density at radius 2 is 1.92 bits per heavy atom. The van der Waals surface area contributed by atoms with Crippen LogP contribution in [0.3, 0.4) is 0 Å². The van der Waals surface area contributed by atoms with Gasteiger partial charge in [0.1, 0.15) is 11.4 Å². The van der Waals surface area contributed by atoms with Crippen LogP contribution in [-0.4, -0.2) is 18.2 Å². The topological polar surface area (TPSA) is 35.5 Å². The number of allylic oxidation sites excluding steroid dienone is 1. The summed E-state index contributed by atoms with van der Waals surface area (Å²) in [4.78, 5) is 12.3. The van der Waals surface area contributed by atoms with Gasteiger partial charge in [-0.1, -0.05) is 13.3 Å². The minimum absolute atomic E-state index is 0.283. The molecular formula is C22H29BrO3. The van der Waals surface area contributed by atoms with Gasteiger partial charge in [0.25, 0.3) is 0 Å². The van der Waals surface area contributed by atoms with Crippen molar-refractivity contribution in [2.45, 2.75) is 65.4 Å². The van der Waals surface area contributed by atoms with Gasteiger partial charge in [-0.15, -0.1) is 0 Å². The van der Waals surface area contributed by atoms with Gasteiger partial charge >= 0.3 is 5.97 Å². The Hall–Kier alpha value is -1.29. The van der Waals surface area contributed by atoms with E-state index in [0.717, 1.165) is 21.7 Å². The van der Waals surface area contributed by atoms with Crippen LogP contribution in [0.25, 0.3) is 5.57 Å². The molecule has 0 radical (unpaired) electrons. The standard InChI is InChI=1S/C22H29BrO3/c1-5-14-7-9-15(10-8-14)18-13-22(3,4)26-20-17(18)11-16(12-19(20)23)21(24)25-6-2/h11-15H,5-10H2,1-4H3. The summed E-state index contributed by atoms with van der Waals surface area (Å²) in [5.41, 5.74) is 2.60. The number of carbonyl (C=O) groups is 1. The maximum Gasteiger partial charge on any atom is 0.338 e. The molecule has 1 saturated carbocycles. The van der Waals surface area contributed by atoms with Crippen LogP contribution in [0, 0.1) is 11.8 Å². The van der Waals surface area contributed by atoms with Crippen molar-refractivity contribution >= 4 is 27.5 Å². The molecule has 0 N–H and O–H groups in total. The molecule has 0 aromatic heterocycles. The van der Waals surface area contributed by atoms with Crippen molar-refractivity contribution in [3.8, 4) is 5.75 Å². The molecule has 1 aliphatic carbocycles. The number of fused-ring (bicyclic) bond motifs is 1. The molecule has 3 nitrogen and oxygen atoms in total. The lowest BCUT2D eigenvalue weighted by molar-refractivity contribution is 0.0526. The molecule has 0 amide bonds. The van der Waals surface area contributed by atoms with Gasteiger partial charge in [0.05, 0.1) is 16.6 Å². The summed E-state index contributed by atoms with van der Waals surface area (Å²) < 4.78 is 12.3. The van der Waals surface area contributed by atoms with Crippen LogP contribution in [0.15, 0.2) is 22.7 Å². The normalized spacial score (nSPS) is 24.3. The predicted octanol–water partition coefficient (Wildman–Crippen LogP) is 6.40. The van der Waals surface area contributed by atoms with Crippen LogP contribution >= 0.6 is 15.9 Å². The third-order valence-electron chi connectivity index (χ3n) is 5.60. The van der Waals surface area contributed by atoms with Crippen molar-refractivity contribution < 1.29 is 14.3 Å². The molecule has 26 heavy (non-hydrogen) atoms. The Morgan fingerprint density at radius 1 is 1.23 bits per heavy atom. The Kier molecular flexibility index (Phi) is 5.81. The van der Waals surface area contributed by atoms with E-state index in [1.165, 1.54) is 37.7 Å². The molecule has 142 valence electrons. The molecule has 1 aromatic carbocycles. The van der Waals surface area contributed by atoms with Crippen molar-refractivity contribution in [1.29, 1.82) is 0 Å². The third-order valence-corrected chi connectivity index (χ3v) is 6.19. The van der Waals surface area contributed by atoms with Gasteiger partial charge in [-0.2, -0.15) is 0 Å². The number of benzene rings is 1. The molecule has 1 heterocycles. The molecule has 0 atom stereocenters. The first-order valence-corrected chi connectivity index (χ1v) is 10.6. The zero-order valence-corrected chi connectivity index (χ0v) is 17.8. The van der Waals surface area contributed by atoms with E-state index in [1.54, 1.807) is 0 Å². The molecule has 0 saturated heterocycles. The Bertz CT molecular complexity index is 712. The van der Waals surface area contributed by atoms with E-state index in [4.69, 9.17) is 9.47 Å². The van der Waals surface area contributed by atoms with Gasteiger partial charge in [0, 0.05) is 5.56 Å². The van der Waals surface area contributed by atoms with Gasteiger partial charge < -0.3 is 9.47 Å². The van der Waals surface area contributed by atoms with E-state index in [-0.39, 0.29) is 11.6 Å². The highest BCUT2D eigenvalue weighted by Crippen LogP contribution is 2.48. The smallest absolute Gasteiger partial charge is 0.338 e. The summed E-state index contributed by atoms with van der Waals surface area (Å²) in [7, 11) is 0. The van der Waals surface area contributed by atoms with E-state index < -0.39 is 0 Å². The summed E-state index contributed by atoms with van der Waals surface area (Å²) in [6.07, 6.45) is 8.52. The monoisotopic (exact) mass is 420 g/mol. The van der Waals surface area contributed by atoms with E-state index >= 15 is 0 Å².